The number of hydrogen-bond acceptors (Lipinski definition) is 5. The second-order valence-electron chi connectivity index (χ2n) is 26.0. The van der Waals surface area contributed by atoms with E-state index in [1.807, 2.05) is 0 Å². The average Bonchev–Trinajstić information content (AvgIpc) is 3.48. The van der Waals surface area contributed by atoms with Gasteiger partial charge in [-0.3, -0.25) is 9.59 Å². The molecule has 486 valence electrons. The van der Waals surface area contributed by atoms with E-state index in [0.717, 1.165) is 51.4 Å². The van der Waals surface area contributed by atoms with Gasteiger partial charge in [0.15, 0.2) is 0 Å². The zero-order valence-electron chi connectivity index (χ0n) is 55.8. The van der Waals surface area contributed by atoms with Crippen molar-refractivity contribution >= 4 is 11.9 Å². The first kappa shape index (κ1) is 80.3. The van der Waals surface area contributed by atoms with Crippen LogP contribution < -0.4 is 5.32 Å². The van der Waals surface area contributed by atoms with Crippen LogP contribution in [-0.2, 0) is 14.3 Å². The van der Waals surface area contributed by atoms with Crippen molar-refractivity contribution in [3.05, 3.63) is 24.3 Å². The number of carbonyl (C=O) groups excluding carboxylic acids is 2. The zero-order chi connectivity index (χ0) is 59.2. The average molecular weight is 1160 g/mol. The number of hydrogen-bond donors (Lipinski definition) is 3. The summed E-state index contributed by atoms with van der Waals surface area (Å²) in [5.74, 6) is -0.0186. The molecule has 1 amide bonds. The molecule has 0 aliphatic carbocycles. The summed E-state index contributed by atoms with van der Waals surface area (Å²) in [6, 6.07) is -0.538. The molecule has 2 atom stereocenters. The highest BCUT2D eigenvalue weighted by atomic mass is 16.5. The second kappa shape index (κ2) is 71.8. The molecule has 0 rings (SSSR count). The molecule has 2 unspecified atom stereocenters. The summed E-state index contributed by atoms with van der Waals surface area (Å²) in [4.78, 5) is 24.6. The topological polar surface area (TPSA) is 95.9 Å². The van der Waals surface area contributed by atoms with Gasteiger partial charge in [0.25, 0.3) is 0 Å². The first-order chi connectivity index (χ1) is 40.5. The maximum Gasteiger partial charge on any atom is 0.305 e. The van der Waals surface area contributed by atoms with Crippen LogP contribution in [0, 0.1) is 0 Å². The fourth-order valence-electron chi connectivity index (χ4n) is 12.0. The van der Waals surface area contributed by atoms with Crippen molar-refractivity contribution in [2.24, 2.45) is 0 Å². The Kier molecular flexibility index (Phi) is 70.4. The van der Waals surface area contributed by atoms with E-state index in [9.17, 15) is 19.8 Å². The summed E-state index contributed by atoms with van der Waals surface area (Å²) in [6.45, 7) is 4.95. The highest BCUT2D eigenvalue weighted by Gasteiger charge is 2.20. The van der Waals surface area contributed by atoms with Gasteiger partial charge in [0.2, 0.25) is 5.91 Å². The third-order valence-corrected chi connectivity index (χ3v) is 17.8. The Balaban J connectivity index is 3.32. The number of amides is 1. The van der Waals surface area contributed by atoms with E-state index in [4.69, 9.17) is 4.74 Å². The van der Waals surface area contributed by atoms with Gasteiger partial charge in [-0.1, -0.05) is 385 Å². The zero-order valence-corrected chi connectivity index (χ0v) is 55.8. The van der Waals surface area contributed by atoms with Gasteiger partial charge in [0.1, 0.15) is 0 Å². The highest BCUT2D eigenvalue weighted by Crippen LogP contribution is 2.20. The van der Waals surface area contributed by atoms with Gasteiger partial charge in [-0.05, 0) is 51.4 Å². The fraction of sp³-hybridized carbons (Fsp3) is 0.921. The van der Waals surface area contributed by atoms with Gasteiger partial charge in [0, 0.05) is 12.8 Å². The van der Waals surface area contributed by atoms with E-state index in [1.165, 1.54) is 340 Å². The Bertz CT molecular complexity index is 1280. The van der Waals surface area contributed by atoms with Gasteiger partial charge < -0.3 is 20.3 Å². The lowest BCUT2D eigenvalue weighted by Crippen LogP contribution is -2.45. The Labute approximate surface area is 513 Å². The van der Waals surface area contributed by atoms with Crippen molar-refractivity contribution < 1.29 is 24.5 Å². The Morgan fingerprint density at radius 1 is 0.341 bits per heavy atom. The summed E-state index contributed by atoms with van der Waals surface area (Å²) < 4.78 is 5.49. The van der Waals surface area contributed by atoms with Crippen LogP contribution in [0.2, 0.25) is 0 Å². The molecule has 6 heteroatoms. The molecule has 0 heterocycles. The minimum Gasteiger partial charge on any atom is -0.466 e. The predicted molar refractivity (Wildman–Crippen MR) is 361 cm³/mol. The number of aliphatic hydroxyl groups is 2. The molecule has 6 nitrogen and oxygen atoms in total. The van der Waals surface area contributed by atoms with Crippen LogP contribution in [0.4, 0.5) is 0 Å². The van der Waals surface area contributed by atoms with Gasteiger partial charge in [0.05, 0.1) is 25.4 Å². The smallest absolute Gasteiger partial charge is 0.305 e. The number of rotatable bonds is 71. The Morgan fingerprint density at radius 3 is 0.963 bits per heavy atom. The Morgan fingerprint density at radius 2 is 0.622 bits per heavy atom. The summed E-state index contributed by atoms with van der Waals surface area (Å²) in [5.41, 5.74) is 0. The van der Waals surface area contributed by atoms with Crippen LogP contribution >= 0.6 is 0 Å². The van der Waals surface area contributed by atoms with Crippen LogP contribution in [0.25, 0.3) is 0 Å². The molecule has 0 fully saturated rings. The van der Waals surface area contributed by atoms with Crippen molar-refractivity contribution in [1.29, 1.82) is 0 Å². The number of ether oxygens (including phenoxy) is 1. The van der Waals surface area contributed by atoms with Crippen LogP contribution in [0.5, 0.6) is 0 Å². The molecule has 0 saturated carbocycles. The minimum atomic E-state index is -0.661. The van der Waals surface area contributed by atoms with Crippen LogP contribution in [0.15, 0.2) is 24.3 Å². The monoisotopic (exact) mass is 1150 g/mol. The van der Waals surface area contributed by atoms with Crippen molar-refractivity contribution in [1.82, 2.24) is 5.32 Å². The summed E-state index contributed by atoms with van der Waals surface area (Å²) in [5, 5.41) is 23.4. The standard InChI is InChI=1S/C76H147NO5/c1-3-5-7-9-11-13-15-17-19-20-35-38-41-44-48-52-56-60-64-68-74(79)73(72-78)77-75(80)69-65-61-57-53-49-45-42-39-36-33-31-29-27-25-23-21-22-24-26-28-30-32-34-37-40-43-47-51-55-59-63-67-71-82-76(81)70-66-62-58-54-50-46-18-16-14-12-10-8-6-4-2/h10,12,16,18,73-74,78-79H,3-9,11,13-15,17,19-72H2,1-2H3,(H,77,80)/b12-10-,18-16-. The maximum atomic E-state index is 12.5. The van der Waals surface area contributed by atoms with Gasteiger partial charge in [-0.25, -0.2) is 0 Å². The molecule has 0 spiro atoms. The van der Waals surface area contributed by atoms with Crippen LogP contribution in [-0.4, -0.2) is 47.4 Å². The lowest BCUT2D eigenvalue weighted by molar-refractivity contribution is -0.143. The largest absolute Gasteiger partial charge is 0.466 e. The molecule has 0 aromatic carbocycles. The number of unbranched alkanes of at least 4 members (excludes halogenated alkanes) is 56. The van der Waals surface area contributed by atoms with Crippen molar-refractivity contribution in [2.45, 2.75) is 437 Å². The maximum absolute atomic E-state index is 12.5. The third kappa shape index (κ3) is 67.5. The summed E-state index contributed by atoms with van der Waals surface area (Å²) in [6.07, 6.45) is 91.1. The first-order valence-electron chi connectivity index (χ1n) is 37.6. The quantitative estimate of drug-likeness (QED) is 0.0320. The van der Waals surface area contributed by atoms with E-state index in [2.05, 4.69) is 43.5 Å². The van der Waals surface area contributed by atoms with E-state index >= 15 is 0 Å². The van der Waals surface area contributed by atoms with Gasteiger partial charge >= 0.3 is 5.97 Å². The number of allylic oxidation sites excluding steroid dienone is 4. The second-order valence-corrected chi connectivity index (χ2v) is 26.0. The Hall–Kier alpha value is -1.66. The molecule has 0 bridgehead atoms. The first-order valence-corrected chi connectivity index (χ1v) is 37.6. The van der Waals surface area contributed by atoms with Crippen LogP contribution in [0.1, 0.15) is 425 Å². The van der Waals surface area contributed by atoms with E-state index in [-0.39, 0.29) is 18.5 Å². The van der Waals surface area contributed by atoms with Crippen LogP contribution in [0.3, 0.4) is 0 Å². The molecule has 0 saturated heterocycles. The normalized spacial score (nSPS) is 12.6. The molecule has 82 heavy (non-hydrogen) atoms. The van der Waals surface area contributed by atoms with Gasteiger partial charge in [-0.15, -0.1) is 0 Å². The molecule has 0 radical (unpaired) electrons. The number of esters is 1. The molecule has 0 aromatic heterocycles. The van der Waals surface area contributed by atoms with E-state index in [1.54, 1.807) is 0 Å². The number of aliphatic hydroxyl groups excluding tert-OH is 2. The van der Waals surface area contributed by atoms with Gasteiger partial charge in [-0.2, -0.15) is 0 Å². The number of carbonyl (C=O) groups is 2. The summed E-state index contributed by atoms with van der Waals surface area (Å²) in [7, 11) is 0. The number of nitrogens with one attached hydrogen (secondary N) is 1. The molecule has 0 aliphatic heterocycles. The predicted octanol–water partition coefficient (Wildman–Crippen LogP) is 24.5. The van der Waals surface area contributed by atoms with E-state index < -0.39 is 12.1 Å². The van der Waals surface area contributed by atoms with Crippen molar-refractivity contribution in [3.8, 4) is 0 Å². The molecular formula is C76H147NO5. The summed E-state index contributed by atoms with van der Waals surface area (Å²) >= 11 is 0. The fourth-order valence-corrected chi connectivity index (χ4v) is 12.0. The van der Waals surface area contributed by atoms with E-state index in [0.29, 0.717) is 25.9 Å². The molecule has 0 aromatic rings. The highest BCUT2D eigenvalue weighted by molar-refractivity contribution is 5.76. The van der Waals surface area contributed by atoms with Crippen molar-refractivity contribution in [3.63, 3.8) is 0 Å². The molecular weight excluding hydrogens is 1010 g/mol. The molecule has 3 N–H and O–H groups in total. The lowest BCUT2D eigenvalue weighted by atomic mass is 10.0. The lowest BCUT2D eigenvalue weighted by Gasteiger charge is -2.22. The minimum absolute atomic E-state index is 0.00727. The van der Waals surface area contributed by atoms with Crippen molar-refractivity contribution in [2.75, 3.05) is 13.2 Å². The SMILES string of the molecule is CCCC/C=C\C/C=C\CCCCCCCC(=O)OCCCCCCCCCCCCCCCCCCCCCCCCCCCCCCCCCCC(=O)NC(CO)C(O)CCCCCCCCCCCCCCCCCCCCC. The molecule has 0 aliphatic rings. The third-order valence-electron chi connectivity index (χ3n) is 17.8.